The number of rotatable bonds is 10. The first-order valence-corrected chi connectivity index (χ1v) is 11.7. The van der Waals surface area contributed by atoms with Crippen LogP contribution in [0.3, 0.4) is 0 Å². The third-order valence-electron chi connectivity index (χ3n) is 5.42. The van der Waals surface area contributed by atoms with Crippen molar-refractivity contribution in [1.82, 2.24) is 10.2 Å². The normalized spacial score (nSPS) is 11.8. The lowest BCUT2D eigenvalue weighted by molar-refractivity contribution is -0.140. The lowest BCUT2D eigenvalue weighted by Crippen LogP contribution is -2.51. The van der Waals surface area contributed by atoms with Gasteiger partial charge in [0.2, 0.25) is 11.8 Å². The number of hydrogen-bond donors (Lipinski definition) is 1. The molecule has 172 valence electrons. The van der Waals surface area contributed by atoms with Crippen molar-refractivity contribution in [3.63, 3.8) is 0 Å². The Hall–Kier alpha value is -3.11. The van der Waals surface area contributed by atoms with Crippen LogP contribution in [-0.4, -0.2) is 29.3 Å². The molecule has 0 fully saturated rings. The van der Waals surface area contributed by atoms with E-state index in [4.69, 9.17) is 11.6 Å². The Morgan fingerprint density at radius 1 is 0.818 bits per heavy atom. The second-order valence-corrected chi connectivity index (χ2v) is 9.09. The van der Waals surface area contributed by atoms with Crippen LogP contribution in [0.4, 0.5) is 0 Å². The van der Waals surface area contributed by atoms with E-state index in [1.807, 2.05) is 72.8 Å². The minimum atomic E-state index is -0.619. The van der Waals surface area contributed by atoms with Gasteiger partial charge in [0.15, 0.2) is 0 Å². The quantitative estimate of drug-likeness (QED) is 0.444. The molecule has 0 heterocycles. The highest BCUT2D eigenvalue weighted by Gasteiger charge is 2.30. The Bertz CT molecular complexity index is 1020. The van der Waals surface area contributed by atoms with Gasteiger partial charge in [0.05, 0.1) is 6.42 Å². The number of nitrogens with zero attached hydrogens (tertiary/aromatic N) is 1. The van der Waals surface area contributed by atoms with Gasteiger partial charge in [-0.25, -0.2) is 0 Å². The molecule has 0 bridgehead atoms. The molecule has 1 atom stereocenters. The molecule has 0 saturated heterocycles. The van der Waals surface area contributed by atoms with Gasteiger partial charge in [0.25, 0.3) is 0 Å². The Balaban J connectivity index is 1.92. The van der Waals surface area contributed by atoms with E-state index in [2.05, 4.69) is 19.2 Å². The van der Waals surface area contributed by atoms with Gasteiger partial charge in [-0.15, -0.1) is 0 Å². The van der Waals surface area contributed by atoms with Crippen molar-refractivity contribution in [3.8, 4) is 0 Å². The van der Waals surface area contributed by atoms with Crippen molar-refractivity contribution in [1.29, 1.82) is 0 Å². The average Bonchev–Trinajstić information content (AvgIpc) is 2.82. The lowest BCUT2D eigenvalue weighted by Gasteiger charge is -2.32. The largest absolute Gasteiger partial charge is 0.354 e. The molecule has 0 saturated carbocycles. The molecule has 0 aliphatic rings. The van der Waals surface area contributed by atoms with Crippen LogP contribution in [0.25, 0.3) is 0 Å². The van der Waals surface area contributed by atoms with E-state index in [-0.39, 0.29) is 18.2 Å². The number of halogens is 1. The third-order valence-corrected chi connectivity index (χ3v) is 5.67. The summed E-state index contributed by atoms with van der Waals surface area (Å²) in [5, 5.41) is 3.67. The summed E-state index contributed by atoms with van der Waals surface area (Å²) in [6, 6.07) is 26.3. The minimum Gasteiger partial charge on any atom is -0.354 e. The Labute approximate surface area is 201 Å². The van der Waals surface area contributed by atoms with Crippen molar-refractivity contribution in [2.75, 3.05) is 6.54 Å². The van der Waals surface area contributed by atoms with Gasteiger partial charge in [0, 0.05) is 24.5 Å². The predicted molar refractivity (Wildman–Crippen MR) is 134 cm³/mol. The van der Waals surface area contributed by atoms with E-state index in [1.54, 1.807) is 17.0 Å². The molecule has 0 aliphatic heterocycles. The highest BCUT2D eigenvalue weighted by atomic mass is 35.5. The molecule has 1 N–H and O–H groups in total. The van der Waals surface area contributed by atoms with Crippen LogP contribution in [0.2, 0.25) is 5.02 Å². The van der Waals surface area contributed by atoms with Gasteiger partial charge in [-0.1, -0.05) is 98.2 Å². The van der Waals surface area contributed by atoms with Crippen LogP contribution in [0.5, 0.6) is 0 Å². The first-order valence-electron chi connectivity index (χ1n) is 11.3. The number of carbonyl (C=O) groups excluding carboxylic acids is 2. The van der Waals surface area contributed by atoms with Gasteiger partial charge < -0.3 is 10.2 Å². The molecule has 3 aromatic carbocycles. The van der Waals surface area contributed by atoms with Gasteiger partial charge in [-0.3, -0.25) is 9.59 Å². The van der Waals surface area contributed by atoms with Crippen molar-refractivity contribution in [2.45, 2.75) is 39.3 Å². The number of amides is 2. The van der Waals surface area contributed by atoms with Crippen LogP contribution in [0, 0.1) is 5.92 Å². The summed E-state index contributed by atoms with van der Waals surface area (Å²) in [7, 11) is 0. The molecule has 0 unspecified atom stereocenters. The fourth-order valence-electron chi connectivity index (χ4n) is 3.64. The van der Waals surface area contributed by atoms with Crippen molar-refractivity contribution in [2.24, 2.45) is 5.92 Å². The second kappa shape index (κ2) is 12.2. The molecule has 0 radical (unpaired) electrons. The van der Waals surface area contributed by atoms with E-state index in [1.165, 1.54) is 0 Å². The first kappa shape index (κ1) is 24.5. The number of hydrogen-bond acceptors (Lipinski definition) is 2. The van der Waals surface area contributed by atoms with E-state index < -0.39 is 6.04 Å². The summed E-state index contributed by atoms with van der Waals surface area (Å²) in [5.41, 5.74) is 2.86. The monoisotopic (exact) mass is 462 g/mol. The fourth-order valence-corrected chi connectivity index (χ4v) is 3.76. The molecule has 33 heavy (non-hydrogen) atoms. The summed E-state index contributed by atoms with van der Waals surface area (Å²) in [6.45, 7) is 5.04. The average molecular weight is 463 g/mol. The first-order chi connectivity index (χ1) is 15.9. The van der Waals surface area contributed by atoms with Crippen LogP contribution >= 0.6 is 11.6 Å². The van der Waals surface area contributed by atoms with E-state index in [0.29, 0.717) is 30.5 Å². The Kier molecular flexibility index (Phi) is 9.08. The summed E-state index contributed by atoms with van der Waals surface area (Å²) < 4.78 is 0. The fraction of sp³-hybridized carbons (Fsp3) is 0.286. The van der Waals surface area contributed by atoms with Crippen molar-refractivity contribution < 1.29 is 9.59 Å². The third kappa shape index (κ3) is 7.76. The van der Waals surface area contributed by atoms with Crippen LogP contribution in [0.15, 0.2) is 84.9 Å². The number of benzene rings is 3. The molecule has 4 nitrogen and oxygen atoms in total. The molecular formula is C28H31ClN2O2. The van der Waals surface area contributed by atoms with Gasteiger partial charge in [0.1, 0.15) is 6.04 Å². The molecule has 3 aromatic rings. The lowest BCUT2D eigenvalue weighted by atomic mass is 10.0. The standard InChI is InChI=1S/C28H31ClN2O2/c1-21(2)19-30-28(33)26(17-22-9-5-3-6-10-22)31(20-24-11-7-4-8-12-24)27(32)18-23-13-15-25(29)16-14-23/h3-16,21,26H,17-20H2,1-2H3,(H,30,33)/t26-/m0/s1. The highest BCUT2D eigenvalue weighted by molar-refractivity contribution is 6.30. The smallest absolute Gasteiger partial charge is 0.243 e. The molecule has 0 spiro atoms. The molecule has 0 aliphatic carbocycles. The van der Waals surface area contributed by atoms with Crippen LogP contribution in [-0.2, 0) is 29.0 Å². The van der Waals surface area contributed by atoms with Gasteiger partial charge >= 0.3 is 0 Å². The summed E-state index contributed by atoms with van der Waals surface area (Å²) in [4.78, 5) is 28.7. The topological polar surface area (TPSA) is 49.4 Å². The molecular weight excluding hydrogens is 432 g/mol. The van der Waals surface area contributed by atoms with Gasteiger partial charge in [-0.2, -0.15) is 0 Å². The second-order valence-electron chi connectivity index (χ2n) is 8.66. The maximum Gasteiger partial charge on any atom is 0.243 e. The summed E-state index contributed by atoms with van der Waals surface area (Å²) in [5.74, 6) is 0.0911. The number of carbonyl (C=O) groups is 2. The molecule has 2 amide bonds. The number of nitrogens with one attached hydrogen (secondary N) is 1. The van der Waals surface area contributed by atoms with E-state index in [0.717, 1.165) is 16.7 Å². The van der Waals surface area contributed by atoms with Crippen molar-refractivity contribution >= 4 is 23.4 Å². The maximum atomic E-state index is 13.6. The zero-order chi connectivity index (χ0) is 23.6. The van der Waals surface area contributed by atoms with Crippen molar-refractivity contribution in [3.05, 3.63) is 107 Å². The zero-order valence-electron chi connectivity index (χ0n) is 19.2. The maximum absolute atomic E-state index is 13.6. The van der Waals surface area contributed by atoms with Gasteiger partial charge in [-0.05, 0) is 34.7 Å². The van der Waals surface area contributed by atoms with Crippen LogP contribution < -0.4 is 5.32 Å². The highest BCUT2D eigenvalue weighted by Crippen LogP contribution is 2.17. The molecule has 3 rings (SSSR count). The Morgan fingerprint density at radius 2 is 1.39 bits per heavy atom. The van der Waals surface area contributed by atoms with E-state index >= 15 is 0 Å². The SMILES string of the molecule is CC(C)CNC(=O)[C@H](Cc1ccccc1)N(Cc1ccccc1)C(=O)Cc1ccc(Cl)cc1. The minimum absolute atomic E-state index is 0.0956. The van der Waals surface area contributed by atoms with Crippen LogP contribution in [0.1, 0.15) is 30.5 Å². The molecule has 5 heteroatoms. The summed E-state index contributed by atoms with van der Waals surface area (Å²) in [6.07, 6.45) is 0.650. The molecule has 0 aromatic heterocycles. The van der Waals surface area contributed by atoms with E-state index in [9.17, 15) is 9.59 Å². The Morgan fingerprint density at radius 3 is 1.97 bits per heavy atom. The predicted octanol–water partition coefficient (Wildman–Crippen LogP) is 5.29. The summed E-state index contributed by atoms with van der Waals surface area (Å²) >= 11 is 6.01. The zero-order valence-corrected chi connectivity index (χ0v) is 20.0.